The standard InChI is InChI=1S/C21H14ClF4N5O2/c1-11(21(24,25)26)33-17-3-2-12(5-27)19(22)18(17)20(32)30-8-13-9-31(29-16(13)10-30)15-4-14(23)6-28-7-15/h2-4,6-7,9,11H,8,10H2,1H3/t11-/m0/s1. The minimum atomic E-state index is -4.67. The highest BCUT2D eigenvalue weighted by molar-refractivity contribution is 6.35. The van der Waals surface area contributed by atoms with Crippen LogP contribution in [0.3, 0.4) is 0 Å². The molecule has 3 aromatic rings. The topological polar surface area (TPSA) is 84.0 Å². The van der Waals surface area contributed by atoms with Gasteiger partial charge in [-0.1, -0.05) is 11.6 Å². The molecule has 0 N–H and O–H groups in total. The summed E-state index contributed by atoms with van der Waals surface area (Å²) >= 11 is 6.20. The summed E-state index contributed by atoms with van der Waals surface area (Å²) in [5, 5.41) is 13.3. The van der Waals surface area contributed by atoms with Crippen LogP contribution in [-0.4, -0.2) is 37.9 Å². The van der Waals surface area contributed by atoms with E-state index in [-0.39, 0.29) is 35.0 Å². The number of nitrogens with zero attached hydrogens (tertiary/aromatic N) is 5. The minimum absolute atomic E-state index is 0.0330. The SMILES string of the molecule is C[C@H](Oc1ccc(C#N)c(Cl)c1C(=O)N1Cc2cn(-c3cncc(F)c3)nc2C1)C(F)(F)F. The van der Waals surface area contributed by atoms with Crippen LogP contribution in [0.2, 0.25) is 5.02 Å². The fraction of sp³-hybridized carbons (Fsp3) is 0.238. The zero-order chi connectivity index (χ0) is 23.9. The van der Waals surface area contributed by atoms with E-state index in [0.717, 1.165) is 19.2 Å². The Labute approximate surface area is 189 Å². The van der Waals surface area contributed by atoms with E-state index in [9.17, 15) is 27.6 Å². The second-order valence-corrected chi connectivity index (χ2v) is 7.66. The van der Waals surface area contributed by atoms with Gasteiger partial charge in [0, 0.05) is 24.4 Å². The number of aromatic nitrogens is 3. The first-order valence-corrected chi connectivity index (χ1v) is 9.90. The molecule has 7 nitrogen and oxygen atoms in total. The Morgan fingerprint density at radius 2 is 2.06 bits per heavy atom. The Kier molecular flexibility index (Phi) is 5.71. The van der Waals surface area contributed by atoms with E-state index in [1.807, 2.05) is 0 Å². The zero-order valence-electron chi connectivity index (χ0n) is 16.9. The molecule has 33 heavy (non-hydrogen) atoms. The highest BCUT2D eigenvalue weighted by Crippen LogP contribution is 2.35. The number of hydrogen-bond acceptors (Lipinski definition) is 5. The molecular formula is C21H14ClF4N5O2. The summed E-state index contributed by atoms with van der Waals surface area (Å²) in [4.78, 5) is 18.3. The third kappa shape index (κ3) is 4.34. The Hall–Kier alpha value is -3.65. The number of fused-ring (bicyclic) bond motifs is 1. The highest BCUT2D eigenvalue weighted by atomic mass is 35.5. The smallest absolute Gasteiger partial charge is 0.425 e. The van der Waals surface area contributed by atoms with Gasteiger partial charge < -0.3 is 9.64 Å². The van der Waals surface area contributed by atoms with Gasteiger partial charge in [-0.2, -0.15) is 23.5 Å². The fourth-order valence-electron chi connectivity index (χ4n) is 3.31. The molecule has 3 heterocycles. The van der Waals surface area contributed by atoms with Crippen molar-refractivity contribution in [2.24, 2.45) is 0 Å². The molecule has 1 aliphatic rings. The zero-order valence-corrected chi connectivity index (χ0v) is 17.7. The largest absolute Gasteiger partial charge is 0.480 e. The van der Waals surface area contributed by atoms with E-state index >= 15 is 0 Å². The van der Waals surface area contributed by atoms with Crippen molar-refractivity contribution in [2.75, 3.05) is 0 Å². The average molecular weight is 480 g/mol. The Morgan fingerprint density at radius 1 is 1.30 bits per heavy atom. The van der Waals surface area contributed by atoms with Crippen molar-refractivity contribution in [3.05, 3.63) is 70.0 Å². The summed E-state index contributed by atoms with van der Waals surface area (Å²) in [5.41, 5.74) is 1.16. The number of rotatable bonds is 4. The summed E-state index contributed by atoms with van der Waals surface area (Å²) in [6.45, 7) is 0.916. The Morgan fingerprint density at radius 3 is 2.70 bits per heavy atom. The molecule has 12 heteroatoms. The first-order valence-electron chi connectivity index (χ1n) is 9.52. The van der Waals surface area contributed by atoms with E-state index < -0.39 is 24.0 Å². The van der Waals surface area contributed by atoms with Gasteiger partial charge in [0.1, 0.15) is 23.2 Å². The minimum Gasteiger partial charge on any atom is -0.480 e. The van der Waals surface area contributed by atoms with Crippen LogP contribution in [0.15, 0.2) is 36.8 Å². The molecule has 0 radical (unpaired) electrons. The summed E-state index contributed by atoms with van der Waals surface area (Å²) in [5.74, 6) is -1.62. The van der Waals surface area contributed by atoms with Crippen LogP contribution in [-0.2, 0) is 13.1 Å². The van der Waals surface area contributed by atoms with Gasteiger partial charge >= 0.3 is 6.18 Å². The van der Waals surface area contributed by atoms with Crippen LogP contribution in [0.4, 0.5) is 17.6 Å². The second-order valence-electron chi connectivity index (χ2n) is 7.28. The monoisotopic (exact) mass is 479 g/mol. The maximum absolute atomic E-state index is 13.4. The molecule has 0 spiro atoms. The average Bonchev–Trinajstić information content (AvgIpc) is 3.32. The van der Waals surface area contributed by atoms with E-state index in [1.54, 1.807) is 12.3 Å². The van der Waals surface area contributed by atoms with Crippen molar-refractivity contribution >= 4 is 17.5 Å². The lowest BCUT2D eigenvalue weighted by atomic mass is 10.1. The molecule has 1 aromatic carbocycles. The van der Waals surface area contributed by atoms with Gasteiger partial charge in [0.2, 0.25) is 0 Å². The predicted molar refractivity (Wildman–Crippen MR) is 107 cm³/mol. The van der Waals surface area contributed by atoms with Crippen LogP contribution < -0.4 is 4.74 Å². The van der Waals surface area contributed by atoms with Crippen molar-refractivity contribution in [3.8, 4) is 17.5 Å². The van der Waals surface area contributed by atoms with Gasteiger partial charge in [-0.05, 0) is 19.1 Å². The van der Waals surface area contributed by atoms with Gasteiger partial charge in [-0.3, -0.25) is 9.78 Å². The number of pyridine rings is 1. The van der Waals surface area contributed by atoms with Gasteiger partial charge in [0.05, 0.1) is 40.9 Å². The lowest BCUT2D eigenvalue weighted by Gasteiger charge is -2.23. The quantitative estimate of drug-likeness (QED) is 0.517. The molecule has 0 saturated carbocycles. The first-order chi connectivity index (χ1) is 15.6. The molecule has 0 fully saturated rings. The van der Waals surface area contributed by atoms with Gasteiger partial charge in [0.15, 0.2) is 6.10 Å². The lowest BCUT2D eigenvalue weighted by Crippen LogP contribution is -2.33. The molecule has 0 saturated heterocycles. The van der Waals surface area contributed by atoms with E-state index in [2.05, 4.69) is 10.1 Å². The molecule has 1 amide bonds. The van der Waals surface area contributed by atoms with Gasteiger partial charge in [-0.15, -0.1) is 0 Å². The normalized spacial score (nSPS) is 14.0. The molecule has 0 bridgehead atoms. The first kappa shape index (κ1) is 22.5. The van der Waals surface area contributed by atoms with Crippen LogP contribution in [0.25, 0.3) is 5.69 Å². The lowest BCUT2D eigenvalue weighted by molar-refractivity contribution is -0.189. The maximum Gasteiger partial charge on any atom is 0.425 e. The molecule has 1 aliphatic heterocycles. The molecule has 2 aromatic heterocycles. The molecule has 0 aliphatic carbocycles. The van der Waals surface area contributed by atoms with Crippen LogP contribution in [0.5, 0.6) is 5.75 Å². The number of hydrogen-bond donors (Lipinski definition) is 0. The van der Waals surface area contributed by atoms with Crippen LogP contribution in [0.1, 0.15) is 34.1 Å². The number of alkyl halides is 3. The summed E-state index contributed by atoms with van der Waals surface area (Å²) in [7, 11) is 0. The summed E-state index contributed by atoms with van der Waals surface area (Å²) in [6, 6.07) is 5.35. The van der Waals surface area contributed by atoms with E-state index in [4.69, 9.17) is 16.3 Å². The third-order valence-electron chi connectivity index (χ3n) is 5.02. The van der Waals surface area contributed by atoms with Crippen molar-refractivity contribution in [1.29, 1.82) is 5.26 Å². The molecule has 170 valence electrons. The predicted octanol–water partition coefficient (Wildman–Crippen LogP) is 4.42. The van der Waals surface area contributed by atoms with E-state index in [1.165, 1.54) is 27.9 Å². The Balaban J connectivity index is 1.62. The van der Waals surface area contributed by atoms with E-state index in [0.29, 0.717) is 16.9 Å². The molecule has 0 unspecified atom stereocenters. The number of benzene rings is 1. The van der Waals surface area contributed by atoms with Crippen molar-refractivity contribution in [3.63, 3.8) is 0 Å². The summed E-state index contributed by atoms with van der Waals surface area (Å²) in [6.07, 6.45) is -2.78. The summed E-state index contributed by atoms with van der Waals surface area (Å²) < 4.78 is 58.9. The van der Waals surface area contributed by atoms with Gasteiger partial charge in [-0.25, -0.2) is 9.07 Å². The third-order valence-corrected chi connectivity index (χ3v) is 5.42. The Bertz CT molecular complexity index is 1260. The number of carbonyl (C=O) groups excluding carboxylic acids is 1. The van der Waals surface area contributed by atoms with Crippen LogP contribution in [0, 0.1) is 17.1 Å². The highest BCUT2D eigenvalue weighted by Gasteiger charge is 2.39. The van der Waals surface area contributed by atoms with Crippen LogP contribution >= 0.6 is 11.6 Å². The molecule has 1 atom stereocenters. The number of nitriles is 1. The van der Waals surface area contributed by atoms with Crippen molar-refractivity contribution in [1.82, 2.24) is 19.7 Å². The molecule has 4 rings (SSSR count). The number of ether oxygens (including phenoxy) is 1. The second kappa shape index (κ2) is 8.37. The maximum atomic E-state index is 13.4. The van der Waals surface area contributed by atoms with Crippen molar-refractivity contribution < 1.29 is 27.1 Å². The fourth-order valence-corrected chi connectivity index (χ4v) is 3.59. The van der Waals surface area contributed by atoms with Crippen molar-refractivity contribution in [2.45, 2.75) is 32.3 Å². The van der Waals surface area contributed by atoms with Gasteiger partial charge in [0.25, 0.3) is 5.91 Å². The number of halogens is 5. The number of carbonyl (C=O) groups is 1. The number of amides is 1. The molecular weight excluding hydrogens is 466 g/mol.